The Bertz CT molecular complexity index is 153. The van der Waals surface area contributed by atoms with Gasteiger partial charge in [0.25, 0.3) is 0 Å². The molecule has 0 aromatic carbocycles. The zero-order valence-electron chi connectivity index (χ0n) is 6.58. The Morgan fingerprint density at radius 3 is 3.09 bits per heavy atom. The van der Waals surface area contributed by atoms with Crippen molar-refractivity contribution in [3.63, 3.8) is 0 Å². The summed E-state index contributed by atoms with van der Waals surface area (Å²) in [5.74, 6) is 3.67. The van der Waals surface area contributed by atoms with Gasteiger partial charge in [-0.2, -0.15) is 0 Å². The molecule has 1 fully saturated rings. The van der Waals surface area contributed by atoms with E-state index in [0.29, 0.717) is 11.9 Å². The number of terminal acetylenes is 1. The van der Waals surface area contributed by atoms with E-state index in [2.05, 4.69) is 12.8 Å². The third-order valence-corrected chi connectivity index (χ3v) is 4.48. The fraction of sp³-hybridized carbons (Fsp3) is 0.750. The van der Waals surface area contributed by atoms with Crippen LogP contribution < -0.4 is 0 Å². The van der Waals surface area contributed by atoms with E-state index in [1.165, 1.54) is 5.75 Å². The molecule has 0 spiro atoms. The van der Waals surface area contributed by atoms with E-state index in [4.69, 9.17) is 11.2 Å². The van der Waals surface area contributed by atoms with Gasteiger partial charge < -0.3 is 4.74 Å². The molecule has 2 atom stereocenters. The minimum atomic E-state index is 0.454. The minimum absolute atomic E-state index is 0.454. The molecule has 0 aliphatic carbocycles. The molecule has 0 bridgehead atoms. The van der Waals surface area contributed by atoms with Crippen LogP contribution in [0.3, 0.4) is 0 Å². The Hall–Kier alpha value is 0.220. The number of thioether (sulfide) groups is 2. The smallest absolute Gasteiger partial charge is 0.107 e. The predicted molar refractivity (Wildman–Crippen MR) is 53.0 cm³/mol. The largest absolute Gasteiger partial charge is 0.368 e. The van der Waals surface area contributed by atoms with E-state index in [-0.39, 0.29) is 0 Å². The molecule has 0 N–H and O–H groups in total. The summed E-state index contributed by atoms with van der Waals surface area (Å²) in [4.78, 5) is 0. The molecule has 1 aliphatic heterocycles. The maximum absolute atomic E-state index is 5.24. The monoisotopic (exact) mass is 188 g/mol. The third-order valence-electron chi connectivity index (χ3n) is 1.39. The van der Waals surface area contributed by atoms with Crippen molar-refractivity contribution < 1.29 is 4.74 Å². The highest BCUT2D eigenvalue weighted by Crippen LogP contribution is 2.37. The summed E-state index contributed by atoms with van der Waals surface area (Å²) in [7, 11) is 0. The van der Waals surface area contributed by atoms with E-state index < -0.39 is 0 Å². The Labute approximate surface area is 76.6 Å². The van der Waals surface area contributed by atoms with E-state index in [0.717, 1.165) is 11.2 Å². The second kappa shape index (κ2) is 4.97. The summed E-state index contributed by atoms with van der Waals surface area (Å²) in [5.41, 5.74) is 0. The highest BCUT2D eigenvalue weighted by molar-refractivity contribution is 8.20. The lowest BCUT2D eigenvalue weighted by Crippen LogP contribution is -2.11. The van der Waals surface area contributed by atoms with Gasteiger partial charge >= 0.3 is 0 Å². The van der Waals surface area contributed by atoms with Gasteiger partial charge in [0.2, 0.25) is 0 Å². The standard InChI is InChI=1S/C8H12OS2/c1-3-4-9-5-8-6-10-7(2)11-8/h1,7-8H,4-6H2,2H3. The molecule has 3 heteroatoms. The highest BCUT2D eigenvalue weighted by Gasteiger charge is 2.21. The maximum Gasteiger partial charge on any atom is 0.107 e. The molecule has 2 unspecified atom stereocenters. The van der Waals surface area contributed by atoms with Gasteiger partial charge in [-0.1, -0.05) is 5.92 Å². The number of ether oxygens (including phenoxy) is 1. The zero-order chi connectivity index (χ0) is 8.10. The van der Waals surface area contributed by atoms with Gasteiger partial charge in [0.15, 0.2) is 0 Å². The Balaban J connectivity index is 2.05. The summed E-state index contributed by atoms with van der Waals surface area (Å²) in [6.07, 6.45) is 5.05. The van der Waals surface area contributed by atoms with Gasteiger partial charge in [-0.3, -0.25) is 0 Å². The number of hydrogen-bond donors (Lipinski definition) is 0. The van der Waals surface area contributed by atoms with Crippen LogP contribution in [0.5, 0.6) is 0 Å². The summed E-state index contributed by atoms with van der Waals surface area (Å²) in [6.45, 7) is 3.50. The second-order valence-electron chi connectivity index (χ2n) is 2.38. The van der Waals surface area contributed by atoms with Gasteiger partial charge in [-0.25, -0.2) is 0 Å². The fourth-order valence-electron chi connectivity index (χ4n) is 0.929. The van der Waals surface area contributed by atoms with Crippen molar-refractivity contribution in [2.45, 2.75) is 16.8 Å². The van der Waals surface area contributed by atoms with Crippen LogP contribution >= 0.6 is 23.5 Å². The molecule has 0 aromatic heterocycles. The predicted octanol–water partition coefficient (Wildman–Crippen LogP) is 1.83. The molecule has 1 rings (SSSR count). The Morgan fingerprint density at radius 2 is 2.55 bits per heavy atom. The Kier molecular flexibility index (Phi) is 4.21. The van der Waals surface area contributed by atoms with E-state index >= 15 is 0 Å². The molecule has 0 amide bonds. The van der Waals surface area contributed by atoms with Gasteiger partial charge in [0.05, 0.1) is 6.61 Å². The normalized spacial score (nSPS) is 30.2. The second-order valence-corrected chi connectivity index (χ2v) is 5.70. The Morgan fingerprint density at radius 1 is 1.73 bits per heavy atom. The molecule has 0 radical (unpaired) electrons. The molecule has 1 aliphatic rings. The maximum atomic E-state index is 5.24. The third kappa shape index (κ3) is 3.42. The first-order valence-electron chi connectivity index (χ1n) is 3.61. The van der Waals surface area contributed by atoms with Crippen LogP contribution in [0, 0.1) is 12.3 Å². The fourth-order valence-corrected chi connectivity index (χ4v) is 3.80. The van der Waals surface area contributed by atoms with Crippen molar-refractivity contribution in [1.29, 1.82) is 0 Å². The van der Waals surface area contributed by atoms with Crippen LogP contribution in [-0.2, 0) is 4.74 Å². The molecule has 1 saturated heterocycles. The highest BCUT2D eigenvalue weighted by atomic mass is 32.2. The molecular formula is C8H12OS2. The van der Waals surface area contributed by atoms with Crippen LogP contribution in [0.1, 0.15) is 6.92 Å². The molecule has 1 heterocycles. The first-order chi connectivity index (χ1) is 5.33. The SMILES string of the molecule is C#CCOCC1CSC(C)S1. The first kappa shape index (κ1) is 9.31. The lowest BCUT2D eigenvalue weighted by molar-refractivity contribution is 0.172. The van der Waals surface area contributed by atoms with Crippen LogP contribution in [0.25, 0.3) is 0 Å². The van der Waals surface area contributed by atoms with Crippen molar-refractivity contribution in [3.05, 3.63) is 0 Å². The lowest BCUT2D eigenvalue weighted by Gasteiger charge is -2.06. The molecule has 11 heavy (non-hydrogen) atoms. The number of rotatable bonds is 3. The summed E-state index contributed by atoms with van der Waals surface area (Å²) in [6, 6.07) is 0. The average molecular weight is 188 g/mol. The van der Waals surface area contributed by atoms with E-state index in [9.17, 15) is 0 Å². The van der Waals surface area contributed by atoms with E-state index in [1.54, 1.807) is 0 Å². The zero-order valence-corrected chi connectivity index (χ0v) is 8.21. The lowest BCUT2D eigenvalue weighted by atomic mass is 10.5. The topological polar surface area (TPSA) is 9.23 Å². The van der Waals surface area contributed by atoms with Crippen molar-refractivity contribution >= 4 is 23.5 Å². The van der Waals surface area contributed by atoms with Crippen LogP contribution in [0.4, 0.5) is 0 Å². The van der Waals surface area contributed by atoms with Crippen molar-refractivity contribution in [3.8, 4) is 12.3 Å². The van der Waals surface area contributed by atoms with Gasteiger partial charge in [0.1, 0.15) is 6.61 Å². The minimum Gasteiger partial charge on any atom is -0.368 e. The molecular weight excluding hydrogens is 176 g/mol. The summed E-state index contributed by atoms with van der Waals surface area (Å²) >= 11 is 3.98. The van der Waals surface area contributed by atoms with Gasteiger partial charge in [-0.15, -0.1) is 29.9 Å². The quantitative estimate of drug-likeness (QED) is 0.494. The summed E-state index contributed by atoms with van der Waals surface area (Å²) in [5, 5.41) is 0.656. The van der Waals surface area contributed by atoms with Crippen molar-refractivity contribution in [1.82, 2.24) is 0 Å². The average Bonchev–Trinajstić information content (AvgIpc) is 2.37. The van der Waals surface area contributed by atoms with E-state index in [1.807, 2.05) is 23.5 Å². The molecule has 1 nitrogen and oxygen atoms in total. The van der Waals surface area contributed by atoms with Gasteiger partial charge in [-0.05, 0) is 6.92 Å². The first-order valence-corrected chi connectivity index (χ1v) is 5.60. The van der Waals surface area contributed by atoms with Crippen molar-refractivity contribution in [2.24, 2.45) is 0 Å². The van der Waals surface area contributed by atoms with Gasteiger partial charge in [0, 0.05) is 15.6 Å². The van der Waals surface area contributed by atoms with Crippen LogP contribution in [0.15, 0.2) is 0 Å². The summed E-state index contributed by atoms with van der Waals surface area (Å²) < 4.78 is 5.98. The van der Waals surface area contributed by atoms with Crippen molar-refractivity contribution in [2.75, 3.05) is 19.0 Å². The van der Waals surface area contributed by atoms with Crippen LogP contribution in [-0.4, -0.2) is 28.8 Å². The molecule has 0 aromatic rings. The van der Waals surface area contributed by atoms with Crippen LogP contribution in [0.2, 0.25) is 0 Å². The number of hydrogen-bond acceptors (Lipinski definition) is 3. The molecule has 62 valence electrons. The molecule has 0 saturated carbocycles.